The Balaban J connectivity index is 1.73. The molecule has 7 heteroatoms. The molecule has 1 atom stereocenters. The first-order valence-corrected chi connectivity index (χ1v) is 13.9. The van der Waals surface area contributed by atoms with Crippen LogP contribution in [-0.4, -0.2) is 22.8 Å². The van der Waals surface area contributed by atoms with Crippen molar-refractivity contribution in [3.8, 4) is 5.75 Å². The highest BCUT2D eigenvalue weighted by Gasteiger charge is 2.30. The quantitative estimate of drug-likeness (QED) is 0.165. The van der Waals surface area contributed by atoms with Gasteiger partial charge >= 0.3 is 11.6 Å². The number of phenolic OH excluding ortho intramolecular Hbond substituents is 1. The number of pyridine rings is 1. The van der Waals surface area contributed by atoms with E-state index in [9.17, 15) is 19.5 Å². The third-order valence-corrected chi connectivity index (χ3v) is 8.13. The number of carbonyl (C=O) groups excluding carboxylic acids is 1. The topological polar surface area (TPSA) is 98.7 Å². The number of aryl methyl sites for hydroxylation is 3. The summed E-state index contributed by atoms with van der Waals surface area (Å²) in [6.45, 7) is 4.60. The number of phenols is 1. The summed E-state index contributed by atoms with van der Waals surface area (Å²) in [6, 6.07) is 11.1. The summed E-state index contributed by atoms with van der Waals surface area (Å²) in [6.07, 6.45) is 6.30. The van der Waals surface area contributed by atoms with Crippen LogP contribution in [0.3, 0.4) is 0 Å². The highest BCUT2D eigenvalue weighted by molar-refractivity contribution is 5.88. The molecular formula is C32H35NO6. The molecule has 2 aromatic heterocycles. The zero-order valence-electron chi connectivity index (χ0n) is 22.8. The Labute approximate surface area is 227 Å². The molecule has 2 aromatic carbocycles. The number of hydrogen-bond acceptors (Lipinski definition) is 6. The Morgan fingerprint density at radius 2 is 1.97 bits per heavy atom. The molecule has 0 spiro atoms. The maximum absolute atomic E-state index is 13.9. The van der Waals surface area contributed by atoms with Crippen molar-refractivity contribution in [1.29, 1.82) is 0 Å². The molecule has 1 unspecified atom stereocenters. The third kappa shape index (κ3) is 4.86. The van der Waals surface area contributed by atoms with Crippen LogP contribution in [0.15, 0.2) is 50.4 Å². The zero-order chi connectivity index (χ0) is 27.7. The number of aromatic hydroxyl groups is 1. The molecule has 1 aliphatic rings. The van der Waals surface area contributed by atoms with E-state index in [0.29, 0.717) is 29.5 Å². The predicted molar refractivity (Wildman–Crippen MR) is 152 cm³/mol. The van der Waals surface area contributed by atoms with E-state index < -0.39 is 17.5 Å². The average Bonchev–Trinajstić information content (AvgIpc) is 2.93. The maximum atomic E-state index is 13.9. The van der Waals surface area contributed by atoms with Gasteiger partial charge in [0.1, 0.15) is 11.3 Å². The van der Waals surface area contributed by atoms with Gasteiger partial charge in [-0.3, -0.25) is 9.59 Å². The highest BCUT2D eigenvalue weighted by atomic mass is 16.5. The monoisotopic (exact) mass is 529 g/mol. The summed E-state index contributed by atoms with van der Waals surface area (Å²) in [5.41, 5.74) is 3.61. The molecule has 1 N–H and O–H groups in total. The number of rotatable bonds is 9. The number of carbonyl (C=O) groups is 1. The van der Waals surface area contributed by atoms with Crippen molar-refractivity contribution in [2.24, 2.45) is 0 Å². The lowest BCUT2D eigenvalue weighted by Crippen LogP contribution is -2.30. The number of para-hydroxylation sites is 1. The van der Waals surface area contributed by atoms with E-state index in [1.54, 1.807) is 16.7 Å². The van der Waals surface area contributed by atoms with E-state index in [0.717, 1.165) is 60.6 Å². The van der Waals surface area contributed by atoms with Crippen molar-refractivity contribution >= 4 is 27.8 Å². The van der Waals surface area contributed by atoms with E-state index in [2.05, 4.69) is 6.92 Å². The van der Waals surface area contributed by atoms with Gasteiger partial charge in [0.25, 0.3) is 5.56 Å². The van der Waals surface area contributed by atoms with Crippen molar-refractivity contribution < 1.29 is 19.1 Å². The lowest BCUT2D eigenvalue weighted by atomic mass is 9.85. The first-order valence-electron chi connectivity index (χ1n) is 13.9. The molecule has 0 aliphatic carbocycles. The van der Waals surface area contributed by atoms with Gasteiger partial charge in [-0.2, -0.15) is 0 Å². The summed E-state index contributed by atoms with van der Waals surface area (Å²) in [5, 5.41) is 12.7. The van der Waals surface area contributed by atoms with Crippen LogP contribution in [0.4, 0.5) is 0 Å². The van der Waals surface area contributed by atoms with Crippen molar-refractivity contribution in [1.82, 2.24) is 4.57 Å². The summed E-state index contributed by atoms with van der Waals surface area (Å²) < 4.78 is 12.7. The second-order valence-electron chi connectivity index (χ2n) is 10.5. The highest BCUT2D eigenvalue weighted by Crippen LogP contribution is 2.40. The van der Waals surface area contributed by atoms with Crippen LogP contribution >= 0.6 is 0 Å². The molecule has 39 heavy (non-hydrogen) atoms. The van der Waals surface area contributed by atoms with Crippen LogP contribution in [0.5, 0.6) is 5.75 Å². The van der Waals surface area contributed by atoms with Crippen molar-refractivity contribution in [2.75, 3.05) is 7.11 Å². The Bertz CT molecular complexity index is 1680. The molecule has 0 radical (unpaired) electrons. The van der Waals surface area contributed by atoms with Gasteiger partial charge in [-0.1, -0.05) is 44.4 Å². The molecule has 204 valence electrons. The normalized spacial score (nSPS) is 13.6. The zero-order valence-corrected chi connectivity index (χ0v) is 22.8. The summed E-state index contributed by atoms with van der Waals surface area (Å²) >= 11 is 0. The third-order valence-electron chi connectivity index (χ3n) is 8.13. The number of ether oxygens (including phenoxy) is 1. The Morgan fingerprint density at radius 3 is 2.74 bits per heavy atom. The van der Waals surface area contributed by atoms with Gasteiger partial charge < -0.3 is 18.8 Å². The summed E-state index contributed by atoms with van der Waals surface area (Å²) in [4.78, 5) is 39.8. The van der Waals surface area contributed by atoms with Gasteiger partial charge in [0.2, 0.25) is 0 Å². The Kier molecular flexibility index (Phi) is 7.60. The van der Waals surface area contributed by atoms with Gasteiger partial charge in [-0.25, -0.2) is 4.79 Å². The van der Waals surface area contributed by atoms with E-state index in [4.69, 9.17) is 9.15 Å². The van der Waals surface area contributed by atoms with Gasteiger partial charge in [0.15, 0.2) is 0 Å². The minimum atomic E-state index is -0.870. The Hall–Kier alpha value is -3.87. The minimum Gasteiger partial charge on any atom is -0.508 e. The van der Waals surface area contributed by atoms with Crippen molar-refractivity contribution in [3.63, 3.8) is 0 Å². The summed E-state index contributed by atoms with van der Waals surface area (Å²) in [7, 11) is 1.29. The standard InChI is InChI=1S/C32H35NO6/c1-4-5-6-7-13-23-19(2)22-14-15-26(34)28(30(22)39-32(23)37)24(18-27(35)38-3)25-17-21-11-8-10-20-12-9-16-33(29(20)21)31(25)36/h8,10-11,14-15,17,24,34H,4-7,9,12-13,16,18H2,1-3H3. The average molecular weight is 530 g/mol. The number of nitrogens with zero attached hydrogens (tertiary/aromatic N) is 1. The van der Waals surface area contributed by atoms with Gasteiger partial charge in [0, 0.05) is 34.5 Å². The second-order valence-corrected chi connectivity index (χ2v) is 10.5. The summed E-state index contributed by atoms with van der Waals surface area (Å²) in [5.74, 6) is -1.54. The molecule has 0 amide bonds. The molecule has 3 heterocycles. The molecule has 0 fully saturated rings. The smallest absolute Gasteiger partial charge is 0.339 e. The molecule has 0 bridgehead atoms. The van der Waals surface area contributed by atoms with Gasteiger partial charge in [0.05, 0.1) is 19.0 Å². The predicted octanol–water partition coefficient (Wildman–Crippen LogP) is 5.89. The van der Waals surface area contributed by atoms with E-state index in [-0.39, 0.29) is 28.9 Å². The molecule has 4 aromatic rings. The number of hydrogen-bond donors (Lipinski definition) is 1. The van der Waals surface area contributed by atoms with Crippen LogP contribution < -0.4 is 11.2 Å². The molecule has 0 saturated carbocycles. The maximum Gasteiger partial charge on any atom is 0.339 e. The second kappa shape index (κ2) is 11.1. The number of esters is 1. The molecular weight excluding hydrogens is 494 g/mol. The molecule has 7 nitrogen and oxygen atoms in total. The number of unbranched alkanes of at least 4 members (excludes halogenated alkanes) is 3. The first-order chi connectivity index (χ1) is 18.8. The van der Waals surface area contributed by atoms with E-state index in [1.807, 2.05) is 31.2 Å². The number of benzene rings is 2. The van der Waals surface area contributed by atoms with Crippen molar-refractivity contribution in [2.45, 2.75) is 77.7 Å². The van der Waals surface area contributed by atoms with Gasteiger partial charge in [-0.05, 0) is 67.3 Å². The van der Waals surface area contributed by atoms with Crippen LogP contribution in [0.1, 0.15) is 79.2 Å². The van der Waals surface area contributed by atoms with E-state index >= 15 is 0 Å². The number of methoxy groups -OCH3 is 1. The van der Waals surface area contributed by atoms with E-state index in [1.165, 1.54) is 7.11 Å². The first kappa shape index (κ1) is 26.7. The Morgan fingerprint density at radius 1 is 1.15 bits per heavy atom. The number of aromatic nitrogens is 1. The van der Waals surface area contributed by atoms with Crippen LogP contribution in [0, 0.1) is 6.92 Å². The minimum absolute atomic E-state index is 0.137. The molecule has 1 aliphatic heterocycles. The molecule has 0 saturated heterocycles. The lowest BCUT2D eigenvalue weighted by Gasteiger charge is -2.24. The fourth-order valence-electron chi connectivity index (χ4n) is 6.07. The largest absolute Gasteiger partial charge is 0.508 e. The fraction of sp³-hybridized carbons (Fsp3) is 0.406. The molecule has 5 rings (SSSR count). The number of fused-ring (bicyclic) bond motifs is 1. The van der Waals surface area contributed by atoms with Crippen LogP contribution in [0.25, 0.3) is 21.9 Å². The SMILES string of the molecule is CCCCCCc1c(C)c2ccc(O)c(C(CC(=O)OC)c3cc4cccc5c4n(c3=O)CCC5)c2oc1=O. The van der Waals surface area contributed by atoms with Crippen LogP contribution in [0.2, 0.25) is 0 Å². The lowest BCUT2D eigenvalue weighted by molar-refractivity contribution is -0.140. The van der Waals surface area contributed by atoms with Crippen molar-refractivity contribution in [3.05, 3.63) is 85.0 Å². The van der Waals surface area contributed by atoms with Gasteiger partial charge in [-0.15, -0.1) is 0 Å². The fourth-order valence-corrected chi connectivity index (χ4v) is 6.07. The van der Waals surface area contributed by atoms with Crippen LogP contribution in [-0.2, 0) is 28.9 Å².